The summed E-state index contributed by atoms with van der Waals surface area (Å²) in [6.07, 6.45) is 4.00. The Labute approximate surface area is 119 Å². The molecule has 1 aliphatic heterocycles. The maximum Gasteiger partial charge on any atom is 0.0361 e. The Kier molecular flexibility index (Phi) is 4.29. The molecule has 3 heteroatoms. The molecule has 19 heavy (non-hydrogen) atoms. The van der Waals surface area contributed by atoms with Gasteiger partial charge in [0.1, 0.15) is 0 Å². The summed E-state index contributed by atoms with van der Waals surface area (Å²) in [5, 5.41) is 0. The lowest BCUT2D eigenvalue weighted by Gasteiger charge is -2.57. The van der Waals surface area contributed by atoms with E-state index >= 15 is 0 Å². The quantitative estimate of drug-likeness (QED) is 0.832. The van der Waals surface area contributed by atoms with Crippen molar-refractivity contribution in [3.8, 4) is 0 Å². The summed E-state index contributed by atoms with van der Waals surface area (Å²) in [5.74, 6) is 1.52. The first-order valence-corrected chi connectivity index (χ1v) is 8.00. The summed E-state index contributed by atoms with van der Waals surface area (Å²) in [6, 6.07) is 0. The van der Waals surface area contributed by atoms with Gasteiger partial charge in [-0.2, -0.15) is 0 Å². The van der Waals surface area contributed by atoms with E-state index in [0.717, 1.165) is 25.6 Å². The molecule has 3 unspecified atom stereocenters. The monoisotopic (exact) mass is 267 g/mol. The highest BCUT2D eigenvalue weighted by molar-refractivity contribution is 5.04. The third-order valence-corrected chi connectivity index (χ3v) is 6.27. The van der Waals surface area contributed by atoms with Gasteiger partial charge in [0.25, 0.3) is 0 Å². The second kappa shape index (κ2) is 5.34. The van der Waals surface area contributed by atoms with Crippen molar-refractivity contribution in [1.29, 1.82) is 0 Å². The van der Waals surface area contributed by atoms with Crippen molar-refractivity contribution in [3.05, 3.63) is 0 Å². The zero-order chi connectivity index (χ0) is 14.3. The van der Waals surface area contributed by atoms with Gasteiger partial charge in [0, 0.05) is 37.3 Å². The number of hydrogen-bond acceptors (Lipinski definition) is 3. The standard InChI is InChI=1S/C16H33N3/c1-13-7-6-8-16(11-17,14(13)2)19-10-9-18(5)15(3,4)12-19/h13-14H,6-12,17H2,1-5H3. The fourth-order valence-corrected chi connectivity index (χ4v) is 4.22. The predicted octanol–water partition coefficient (Wildman–Crippen LogP) is 2.17. The first-order chi connectivity index (χ1) is 8.83. The highest BCUT2D eigenvalue weighted by Gasteiger charge is 2.47. The van der Waals surface area contributed by atoms with Crippen LogP contribution in [0.5, 0.6) is 0 Å². The van der Waals surface area contributed by atoms with Crippen LogP contribution in [0.2, 0.25) is 0 Å². The van der Waals surface area contributed by atoms with Crippen molar-refractivity contribution in [2.45, 2.75) is 58.0 Å². The molecule has 0 spiro atoms. The van der Waals surface area contributed by atoms with Gasteiger partial charge in [-0.15, -0.1) is 0 Å². The molecule has 0 aromatic heterocycles. The number of nitrogens with zero attached hydrogens (tertiary/aromatic N) is 2. The molecule has 3 atom stereocenters. The van der Waals surface area contributed by atoms with Crippen LogP contribution in [0.3, 0.4) is 0 Å². The zero-order valence-corrected chi connectivity index (χ0v) is 13.6. The number of hydrogen-bond donors (Lipinski definition) is 1. The van der Waals surface area contributed by atoms with Gasteiger partial charge in [0.05, 0.1) is 0 Å². The summed E-state index contributed by atoms with van der Waals surface area (Å²) in [6.45, 7) is 13.9. The third kappa shape index (κ3) is 2.57. The van der Waals surface area contributed by atoms with E-state index in [9.17, 15) is 0 Å². The molecule has 0 amide bonds. The van der Waals surface area contributed by atoms with E-state index in [1.54, 1.807) is 0 Å². The Balaban J connectivity index is 2.22. The van der Waals surface area contributed by atoms with E-state index < -0.39 is 0 Å². The Hall–Kier alpha value is -0.120. The molecule has 2 fully saturated rings. The van der Waals surface area contributed by atoms with Gasteiger partial charge in [-0.25, -0.2) is 0 Å². The van der Waals surface area contributed by atoms with Crippen LogP contribution >= 0.6 is 0 Å². The minimum Gasteiger partial charge on any atom is -0.329 e. The maximum atomic E-state index is 6.29. The SMILES string of the molecule is CC1CCCC(CN)(N2CCN(C)C(C)(C)C2)C1C. The second-order valence-corrected chi connectivity index (χ2v) is 7.62. The summed E-state index contributed by atoms with van der Waals surface area (Å²) in [7, 11) is 2.25. The molecule has 0 bridgehead atoms. The Morgan fingerprint density at radius 1 is 1.21 bits per heavy atom. The molecule has 2 rings (SSSR count). The number of rotatable bonds is 2. The third-order valence-electron chi connectivity index (χ3n) is 6.27. The largest absolute Gasteiger partial charge is 0.329 e. The van der Waals surface area contributed by atoms with Crippen LogP contribution in [0, 0.1) is 11.8 Å². The molecule has 3 nitrogen and oxygen atoms in total. The van der Waals surface area contributed by atoms with Gasteiger partial charge in [-0.05, 0) is 39.2 Å². The molecular formula is C16H33N3. The molecule has 2 aliphatic rings. The molecule has 2 N–H and O–H groups in total. The normalized spacial score (nSPS) is 41.4. The molecule has 1 heterocycles. The topological polar surface area (TPSA) is 32.5 Å². The lowest BCUT2D eigenvalue weighted by atomic mass is 9.66. The van der Waals surface area contributed by atoms with Crippen LogP contribution in [0.15, 0.2) is 0 Å². The molecule has 112 valence electrons. The lowest BCUT2D eigenvalue weighted by Crippen LogP contribution is -2.68. The van der Waals surface area contributed by atoms with Crippen LogP contribution in [0.4, 0.5) is 0 Å². The van der Waals surface area contributed by atoms with E-state index in [1.165, 1.54) is 25.8 Å². The van der Waals surface area contributed by atoms with Crippen molar-refractivity contribution in [2.24, 2.45) is 17.6 Å². The summed E-state index contributed by atoms with van der Waals surface area (Å²) < 4.78 is 0. The minimum atomic E-state index is 0.246. The second-order valence-electron chi connectivity index (χ2n) is 7.62. The summed E-state index contributed by atoms with van der Waals surface area (Å²) >= 11 is 0. The van der Waals surface area contributed by atoms with Crippen molar-refractivity contribution >= 4 is 0 Å². The Bertz CT molecular complexity index is 315. The highest BCUT2D eigenvalue weighted by atomic mass is 15.3. The number of likely N-dealkylation sites (N-methyl/N-ethyl adjacent to an activating group) is 1. The van der Waals surface area contributed by atoms with E-state index in [1.807, 2.05) is 0 Å². The van der Waals surface area contributed by atoms with Gasteiger partial charge in [-0.1, -0.05) is 26.7 Å². The fraction of sp³-hybridized carbons (Fsp3) is 1.00. The molecule has 0 aromatic carbocycles. The van der Waals surface area contributed by atoms with E-state index in [0.29, 0.717) is 5.92 Å². The highest BCUT2D eigenvalue weighted by Crippen LogP contribution is 2.42. The molecule has 0 aromatic rings. The van der Waals surface area contributed by atoms with Gasteiger partial charge in [-0.3, -0.25) is 9.80 Å². The van der Waals surface area contributed by atoms with Gasteiger partial charge < -0.3 is 5.73 Å². The Morgan fingerprint density at radius 3 is 2.47 bits per heavy atom. The maximum absolute atomic E-state index is 6.29. The van der Waals surface area contributed by atoms with Gasteiger partial charge >= 0.3 is 0 Å². The van der Waals surface area contributed by atoms with E-state index in [-0.39, 0.29) is 11.1 Å². The van der Waals surface area contributed by atoms with Crippen LogP contribution in [-0.4, -0.2) is 54.1 Å². The Morgan fingerprint density at radius 2 is 1.89 bits per heavy atom. The fourth-order valence-electron chi connectivity index (χ4n) is 4.22. The average Bonchev–Trinajstić information content (AvgIpc) is 2.36. The van der Waals surface area contributed by atoms with Gasteiger partial charge in [0.15, 0.2) is 0 Å². The first kappa shape index (κ1) is 15.3. The first-order valence-electron chi connectivity index (χ1n) is 8.00. The minimum absolute atomic E-state index is 0.246. The number of piperazine rings is 1. The van der Waals surface area contributed by atoms with Crippen molar-refractivity contribution in [2.75, 3.05) is 33.2 Å². The predicted molar refractivity (Wildman–Crippen MR) is 82.2 cm³/mol. The van der Waals surface area contributed by atoms with Crippen LogP contribution in [-0.2, 0) is 0 Å². The average molecular weight is 267 g/mol. The smallest absolute Gasteiger partial charge is 0.0361 e. The van der Waals surface area contributed by atoms with E-state index in [4.69, 9.17) is 5.73 Å². The van der Waals surface area contributed by atoms with E-state index in [2.05, 4.69) is 44.5 Å². The van der Waals surface area contributed by atoms with Crippen LogP contribution in [0.25, 0.3) is 0 Å². The molecule has 1 saturated carbocycles. The molecule has 1 aliphatic carbocycles. The van der Waals surface area contributed by atoms with Crippen LogP contribution < -0.4 is 5.73 Å². The molecule has 1 saturated heterocycles. The molecular weight excluding hydrogens is 234 g/mol. The van der Waals surface area contributed by atoms with Crippen LogP contribution in [0.1, 0.15) is 47.0 Å². The number of nitrogens with two attached hydrogens (primary N) is 1. The lowest BCUT2D eigenvalue weighted by molar-refractivity contribution is -0.0704. The molecule has 0 radical (unpaired) electrons. The summed E-state index contributed by atoms with van der Waals surface area (Å²) in [5.41, 5.74) is 6.80. The van der Waals surface area contributed by atoms with Gasteiger partial charge in [0.2, 0.25) is 0 Å². The summed E-state index contributed by atoms with van der Waals surface area (Å²) in [4.78, 5) is 5.22. The van der Waals surface area contributed by atoms with Crippen molar-refractivity contribution < 1.29 is 0 Å². The van der Waals surface area contributed by atoms with Crippen molar-refractivity contribution in [1.82, 2.24) is 9.80 Å². The van der Waals surface area contributed by atoms with Crippen molar-refractivity contribution in [3.63, 3.8) is 0 Å². The zero-order valence-electron chi connectivity index (χ0n) is 13.6.